The molecule has 0 radical (unpaired) electrons. The minimum atomic E-state index is -0.100. The molecule has 0 spiro atoms. The summed E-state index contributed by atoms with van der Waals surface area (Å²) in [6, 6.07) is 3.48. The number of carbonyl (C=O) groups is 1. The average molecular weight is 210 g/mol. The van der Waals surface area contributed by atoms with Gasteiger partial charge in [-0.05, 0) is 25.5 Å². The molecule has 2 atom stereocenters. The number of hydrogen-bond donors (Lipinski definition) is 2. The zero-order valence-corrected chi connectivity index (χ0v) is 9.19. The van der Waals surface area contributed by atoms with Gasteiger partial charge in [-0.3, -0.25) is 4.79 Å². The van der Waals surface area contributed by atoms with Crippen LogP contribution in [0.2, 0.25) is 0 Å². The Hall–Kier alpha value is -1.29. The Morgan fingerprint density at radius 2 is 2.40 bits per heavy atom. The minimum absolute atomic E-state index is 0.0340. The summed E-state index contributed by atoms with van der Waals surface area (Å²) in [5, 5.41) is 2.83. The lowest BCUT2D eigenvalue weighted by Crippen LogP contribution is -2.32. The molecule has 4 heteroatoms. The Labute approximate surface area is 89.8 Å². The molecule has 1 unspecified atom stereocenters. The van der Waals surface area contributed by atoms with Crippen molar-refractivity contribution in [2.24, 2.45) is 5.73 Å². The smallest absolute Gasteiger partial charge is 0.222 e. The molecular weight excluding hydrogens is 192 g/mol. The molecule has 0 aliphatic carbocycles. The van der Waals surface area contributed by atoms with Crippen LogP contribution < -0.4 is 11.1 Å². The van der Waals surface area contributed by atoms with E-state index in [0.29, 0.717) is 6.42 Å². The van der Waals surface area contributed by atoms with Crippen LogP contribution in [0.5, 0.6) is 0 Å². The zero-order valence-electron chi connectivity index (χ0n) is 9.19. The van der Waals surface area contributed by atoms with Crippen molar-refractivity contribution in [2.75, 3.05) is 0 Å². The maximum absolute atomic E-state index is 11.5. The molecule has 0 fully saturated rings. The van der Waals surface area contributed by atoms with Gasteiger partial charge < -0.3 is 15.5 Å². The van der Waals surface area contributed by atoms with E-state index in [1.807, 2.05) is 19.9 Å². The van der Waals surface area contributed by atoms with E-state index in [9.17, 15) is 4.79 Å². The zero-order chi connectivity index (χ0) is 11.3. The van der Waals surface area contributed by atoms with Gasteiger partial charge in [-0.2, -0.15) is 0 Å². The molecule has 1 heterocycles. The average Bonchev–Trinajstić information content (AvgIpc) is 2.70. The fourth-order valence-electron chi connectivity index (χ4n) is 1.29. The largest absolute Gasteiger partial charge is 0.467 e. The van der Waals surface area contributed by atoms with Crippen molar-refractivity contribution < 1.29 is 9.21 Å². The molecule has 1 aromatic heterocycles. The molecule has 84 valence electrons. The topological polar surface area (TPSA) is 68.3 Å². The van der Waals surface area contributed by atoms with Crippen molar-refractivity contribution in [2.45, 2.75) is 38.8 Å². The standard InChI is InChI=1S/C11H18N2O2/c1-3-9(12)7-11(14)13-8(2)10-5-4-6-15-10/h4-6,8-9H,3,7,12H2,1-2H3,(H,13,14)/t8-,9?/m0/s1. The first-order chi connectivity index (χ1) is 7.13. The second-order valence-corrected chi connectivity index (χ2v) is 3.68. The van der Waals surface area contributed by atoms with Gasteiger partial charge in [0.25, 0.3) is 0 Å². The van der Waals surface area contributed by atoms with Crippen LogP contribution in [0.1, 0.15) is 38.5 Å². The van der Waals surface area contributed by atoms with Crippen LogP contribution in [-0.2, 0) is 4.79 Å². The van der Waals surface area contributed by atoms with Crippen molar-refractivity contribution >= 4 is 5.91 Å². The third-order valence-corrected chi connectivity index (χ3v) is 2.32. The number of carbonyl (C=O) groups excluding carboxylic acids is 1. The first-order valence-electron chi connectivity index (χ1n) is 5.21. The summed E-state index contributed by atoms with van der Waals surface area (Å²) >= 11 is 0. The van der Waals surface area contributed by atoms with Crippen molar-refractivity contribution in [1.82, 2.24) is 5.32 Å². The van der Waals surface area contributed by atoms with E-state index in [2.05, 4.69) is 5.32 Å². The lowest BCUT2D eigenvalue weighted by molar-refractivity contribution is -0.122. The van der Waals surface area contributed by atoms with Crippen molar-refractivity contribution in [1.29, 1.82) is 0 Å². The summed E-state index contributed by atoms with van der Waals surface area (Å²) in [6.07, 6.45) is 2.76. The summed E-state index contributed by atoms with van der Waals surface area (Å²) in [5.41, 5.74) is 5.68. The molecule has 0 aromatic carbocycles. The molecule has 4 nitrogen and oxygen atoms in total. The fourth-order valence-corrected chi connectivity index (χ4v) is 1.29. The quantitative estimate of drug-likeness (QED) is 0.775. The molecule has 15 heavy (non-hydrogen) atoms. The first-order valence-corrected chi connectivity index (χ1v) is 5.21. The van der Waals surface area contributed by atoms with Crippen LogP contribution in [0.25, 0.3) is 0 Å². The fraction of sp³-hybridized carbons (Fsp3) is 0.545. The molecule has 1 amide bonds. The lowest BCUT2D eigenvalue weighted by Gasteiger charge is -2.13. The maximum atomic E-state index is 11.5. The van der Waals surface area contributed by atoms with E-state index < -0.39 is 0 Å². The van der Waals surface area contributed by atoms with Crippen LogP contribution in [0, 0.1) is 0 Å². The predicted molar refractivity (Wildman–Crippen MR) is 58.1 cm³/mol. The predicted octanol–water partition coefficient (Wildman–Crippen LogP) is 1.58. The summed E-state index contributed by atoms with van der Waals surface area (Å²) < 4.78 is 5.18. The molecule has 0 aliphatic heterocycles. The van der Waals surface area contributed by atoms with Gasteiger partial charge in [0, 0.05) is 12.5 Å². The molecule has 0 bridgehead atoms. The number of nitrogens with two attached hydrogens (primary N) is 1. The van der Waals surface area contributed by atoms with Crippen molar-refractivity contribution in [3.05, 3.63) is 24.2 Å². The Bertz CT molecular complexity index is 296. The number of nitrogens with one attached hydrogen (secondary N) is 1. The Morgan fingerprint density at radius 1 is 1.67 bits per heavy atom. The van der Waals surface area contributed by atoms with E-state index in [4.69, 9.17) is 10.2 Å². The molecule has 1 aromatic rings. The van der Waals surface area contributed by atoms with E-state index in [1.165, 1.54) is 0 Å². The van der Waals surface area contributed by atoms with Gasteiger partial charge in [-0.1, -0.05) is 6.92 Å². The molecule has 0 aliphatic rings. The highest BCUT2D eigenvalue weighted by Crippen LogP contribution is 2.12. The van der Waals surface area contributed by atoms with Crippen LogP contribution in [0.4, 0.5) is 0 Å². The molecular formula is C11H18N2O2. The number of rotatable bonds is 5. The summed E-state index contributed by atoms with van der Waals surface area (Å²) in [4.78, 5) is 11.5. The van der Waals surface area contributed by atoms with E-state index in [1.54, 1.807) is 12.3 Å². The molecule has 1 rings (SSSR count). The van der Waals surface area contributed by atoms with Gasteiger partial charge in [-0.15, -0.1) is 0 Å². The van der Waals surface area contributed by atoms with Crippen molar-refractivity contribution in [3.63, 3.8) is 0 Å². The van der Waals surface area contributed by atoms with Gasteiger partial charge in [0.15, 0.2) is 0 Å². The number of hydrogen-bond acceptors (Lipinski definition) is 3. The van der Waals surface area contributed by atoms with Gasteiger partial charge in [-0.25, -0.2) is 0 Å². The van der Waals surface area contributed by atoms with Gasteiger partial charge in [0.1, 0.15) is 5.76 Å². The SMILES string of the molecule is CCC(N)CC(=O)N[C@@H](C)c1ccco1. The minimum Gasteiger partial charge on any atom is -0.467 e. The normalized spacial score (nSPS) is 14.6. The molecule has 0 saturated heterocycles. The van der Waals surface area contributed by atoms with Crippen LogP contribution in [0.3, 0.4) is 0 Å². The van der Waals surface area contributed by atoms with E-state index in [0.717, 1.165) is 12.2 Å². The number of amides is 1. The Morgan fingerprint density at radius 3 is 2.93 bits per heavy atom. The monoisotopic (exact) mass is 210 g/mol. The molecule has 3 N–H and O–H groups in total. The van der Waals surface area contributed by atoms with Gasteiger partial charge in [0.05, 0.1) is 12.3 Å². The summed E-state index contributed by atoms with van der Waals surface area (Å²) in [5.74, 6) is 0.724. The van der Waals surface area contributed by atoms with Crippen LogP contribution >= 0.6 is 0 Å². The highest BCUT2D eigenvalue weighted by atomic mass is 16.3. The third-order valence-electron chi connectivity index (χ3n) is 2.32. The van der Waals surface area contributed by atoms with E-state index >= 15 is 0 Å². The Balaban J connectivity index is 2.38. The second kappa shape index (κ2) is 5.56. The summed E-state index contributed by atoms with van der Waals surface area (Å²) in [7, 11) is 0. The third kappa shape index (κ3) is 3.75. The maximum Gasteiger partial charge on any atom is 0.222 e. The van der Waals surface area contributed by atoms with Crippen LogP contribution in [-0.4, -0.2) is 11.9 Å². The first kappa shape index (κ1) is 11.8. The van der Waals surface area contributed by atoms with Gasteiger partial charge in [0.2, 0.25) is 5.91 Å². The van der Waals surface area contributed by atoms with Crippen LogP contribution in [0.15, 0.2) is 22.8 Å². The van der Waals surface area contributed by atoms with Gasteiger partial charge >= 0.3 is 0 Å². The summed E-state index contributed by atoms with van der Waals surface area (Å²) in [6.45, 7) is 3.85. The Kier molecular flexibility index (Phi) is 4.37. The molecule has 0 saturated carbocycles. The number of furan rings is 1. The second-order valence-electron chi connectivity index (χ2n) is 3.68. The highest BCUT2D eigenvalue weighted by molar-refractivity contribution is 5.76. The van der Waals surface area contributed by atoms with E-state index in [-0.39, 0.29) is 18.0 Å². The highest BCUT2D eigenvalue weighted by Gasteiger charge is 2.13. The van der Waals surface area contributed by atoms with Crippen molar-refractivity contribution in [3.8, 4) is 0 Å². The lowest BCUT2D eigenvalue weighted by atomic mass is 10.1.